The molecule has 0 radical (unpaired) electrons. The van der Waals surface area contributed by atoms with Crippen LogP contribution in [0.25, 0.3) is 0 Å². The van der Waals surface area contributed by atoms with Crippen LogP contribution in [-0.2, 0) is 6.54 Å². The molecule has 0 fully saturated rings. The van der Waals surface area contributed by atoms with Gasteiger partial charge in [0.15, 0.2) is 11.9 Å². The lowest BCUT2D eigenvalue weighted by atomic mass is 10.3. The van der Waals surface area contributed by atoms with E-state index in [4.69, 9.17) is 0 Å². The standard InChI is InChI=1S/C10H16N.BF4/c1-3-4-8-11-9-6-5-7-10(11)2;2-1(3,4)5/h5-7,9H,3-4,8H2,1-2H3;/q+1;-1. The average Bonchev–Trinajstić information content (AvgIpc) is 2.14. The molecule has 1 aromatic rings. The Labute approximate surface area is 93.2 Å². The quantitative estimate of drug-likeness (QED) is 0.431. The Hall–Kier alpha value is -1.07. The van der Waals surface area contributed by atoms with Crippen molar-refractivity contribution in [2.24, 2.45) is 0 Å². The first kappa shape index (κ1) is 14.9. The van der Waals surface area contributed by atoms with E-state index in [1.165, 1.54) is 18.5 Å². The van der Waals surface area contributed by atoms with E-state index in [0.29, 0.717) is 0 Å². The summed E-state index contributed by atoms with van der Waals surface area (Å²) in [7, 11) is -6.00. The van der Waals surface area contributed by atoms with Gasteiger partial charge in [0.1, 0.15) is 6.54 Å². The first-order valence-corrected chi connectivity index (χ1v) is 5.17. The molecule has 0 aliphatic carbocycles. The fraction of sp³-hybridized carbons (Fsp3) is 0.500. The van der Waals surface area contributed by atoms with Crippen LogP contribution in [0.5, 0.6) is 0 Å². The maximum Gasteiger partial charge on any atom is 0.673 e. The summed E-state index contributed by atoms with van der Waals surface area (Å²) in [6.45, 7) is 5.53. The minimum Gasteiger partial charge on any atom is -0.418 e. The summed E-state index contributed by atoms with van der Waals surface area (Å²) in [4.78, 5) is 0. The molecule has 1 heterocycles. The average molecular weight is 237 g/mol. The monoisotopic (exact) mass is 237 g/mol. The Balaban J connectivity index is 0.000000385. The molecule has 0 aliphatic rings. The second-order valence-corrected chi connectivity index (χ2v) is 3.38. The van der Waals surface area contributed by atoms with Crippen molar-refractivity contribution in [1.82, 2.24) is 0 Å². The molecule has 0 saturated carbocycles. The van der Waals surface area contributed by atoms with E-state index >= 15 is 0 Å². The molecule has 6 heteroatoms. The largest absolute Gasteiger partial charge is 0.673 e. The summed E-state index contributed by atoms with van der Waals surface area (Å²) >= 11 is 0. The summed E-state index contributed by atoms with van der Waals surface area (Å²) in [6, 6.07) is 6.32. The summed E-state index contributed by atoms with van der Waals surface area (Å²) in [5, 5.41) is 0. The first-order chi connectivity index (χ1) is 7.34. The Bertz CT molecular complexity index is 295. The van der Waals surface area contributed by atoms with Crippen molar-refractivity contribution in [1.29, 1.82) is 0 Å². The highest BCUT2D eigenvalue weighted by Crippen LogP contribution is 2.06. The van der Waals surface area contributed by atoms with Gasteiger partial charge in [-0.05, 0) is 0 Å². The molecule has 0 spiro atoms. The highest BCUT2D eigenvalue weighted by Gasteiger charge is 2.20. The fourth-order valence-corrected chi connectivity index (χ4v) is 1.14. The van der Waals surface area contributed by atoms with Crippen LogP contribution in [0.1, 0.15) is 25.5 Å². The summed E-state index contributed by atoms with van der Waals surface area (Å²) in [5.74, 6) is 0. The van der Waals surface area contributed by atoms with Crippen molar-refractivity contribution in [3.63, 3.8) is 0 Å². The third-order valence-corrected chi connectivity index (χ3v) is 1.92. The summed E-state index contributed by atoms with van der Waals surface area (Å²) in [6.07, 6.45) is 4.68. The van der Waals surface area contributed by atoms with Gasteiger partial charge >= 0.3 is 7.25 Å². The van der Waals surface area contributed by atoms with Crippen molar-refractivity contribution >= 4 is 7.25 Å². The molecule has 0 aromatic carbocycles. The molecule has 0 amide bonds. The SMILES string of the molecule is CCCC[n+]1ccccc1C.F[B-](F)(F)F. The van der Waals surface area contributed by atoms with E-state index in [9.17, 15) is 17.3 Å². The zero-order chi connectivity index (χ0) is 12.6. The van der Waals surface area contributed by atoms with Crippen molar-refractivity contribution in [2.45, 2.75) is 33.2 Å². The lowest BCUT2D eigenvalue weighted by Gasteiger charge is -1.97. The summed E-state index contributed by atoms with van der Waals surface area (Å²) in [5.41, 5.74) is 1.35. The van der Waals surface area contributed by atoms with Crippen LogP contribution < -0.4 is 4.57 Å². The van der Waals surface area contributed by atoms with Gasteiger partial charge in [-0.25, -0.2) is 4.57 Å². The molecule has 92 valence electrons. The van der Waals surface area contributed by atoms with Gasteiger partial charge in [-0.3, -0.25) is 0 Å². The Morgan fingerprint density at radius 1 is 1.19 bits per heavy atom. The molecular formula is C10H16BF4N. The highest BCUT2D eigenvalue weighted by molar-refractivity contribution is 6.50. The topological polar surface area (TPSA) is 3.88 Å². The first-order valence-electron chi connectivity index (χ1n) is 5.17. The molecule has 1 rings (SSSR count). The zero-order valence-electron chi connectivity index (χ0n) is 9.47. The Morgan fingerprint density at radius 3 is 2.19 bits per heavy atom. The van der Waals surface area contributed by atoms with Crippen molar-refractivity contribution in [3.8, 4) is 0 Å². The van der Waals surface area contributed by atoms with E-state index in [2.05, 4.69) is 42.8 Å². The molecule has 0 atom stereocenters. The summed E-state index contributed by atoms with van der Waals surface area (Å²) < 4.78 is 41.3. The number of aromatic nitrogens is 1. The number of pyridine rings is 1. The van der Waals surface area contributed by atoms with Gasteiger partial charge in [0, 0.05) is 25.5 Å². The van der Waals surface area contributed by atoms with Crippen LogP contribution in [0.4, 0.5) is 17.3 Å². The van der Waals surface area contributed by atoms with Gasteiger partial charge in [-0.15, -0.1) is 0 Å². The molecule has 1 nitrogen and oxygen atoms in total. The smallest absolute Gasteiger partial charge is 0.418 e. The number of nitrogens with zero attached hydrogens (tertiary/aromatic N) is 1. The minimum absolute atomic E-state index is 1.16. The predicted molar refractivity (Wildman–Crippen MR) is 56.5 cm³/mol. The van der Waals surface area contributed by atoms with E-state index in [-0.39, 0.29) is 0 Å². The fourth-order valence-electron chi connectivity index (χ4n) is 1.14. The molecule has 16 heavy (non-hydrogen) atoms. The Kier molecular flexibility index (Phi) is 6.77. The molecule has 0 aliphatic heterocycles. The van der Waals surface area contributed by atoms with Gasteiger partial charge in [0.05, 0.1) is 0 Å². The van der Waals surface area contributed by atoms with Crippen molar-refractivity contribution in [2.75, 3.05) is 0 Å². The van der Waals surface area contributed by atoms with Gasteiger partial charge in [0.2, 0.25) is 0 Å². The van der Waals surface area contributed by atoms with Crippen LogP contribution in [0.2, 0.25) is 0 Å². The number of hydrogen-bond donors (Lipinski definition) is 0. The lowest BCUT2D eigenvalue weighted by Crippen LogP contribution is -2.36. The molecule has 0 bridgehead atoms. The van der Waals surface area contributed by atoms with Crippen LogP contribution >= 0.6 is 0 Å². The van der Waals surface area contributed by atoms with Crippen LogP contribution in [-0.4, -0.2) is 7.25 Å². The highest BCUT2D eigenvalue weighted by atomic mass is 19.5. The van der Waals surface area contributed by atoms with Crippen LogP contribution in [0, 0.1) is 6.92 Å². The van der Waals surface area contributed by atoms with Gasteiger partial charge in [-0.1, -0.05) is 19.4 Å². The second kappa shape index (κ2) is 7.25. The lowest BCUT2D eigenvalue weighted by molar-refractivity contribution is -0.703. The maximum absolute atomic E-state index is 9.75. The molecule has 1 aromatic heterocycles. The maximum atomic E-state index is 9.75. The van der Waals surface area contributed by atoms with E-state index in [1.54, 1.807) is 0 Å². The second-order valence-electron chi connectivity index (χ2n) is 3.38. The van der Waals surface area contributed by atoms with E-state index in [0.717, 1.165) is 6.54 Å². The number of rotatable bonds is 3. The molecule has 0 N–H and O–H groups in total. The van der Waals surface area contributed by atoms with Gasteiger partial charge < -0.3 is 17.3 Å². The number of halogens is 4. The normalized spacial score (nSPS) is 10.6. The Morgan fingerprint density at radius 2 is 1.75 bits per heavy atom. The third kappa shape index (κ3) is 9.49. The van der Waals surface area contributed by atoms with Crippen molar-refractivity contribution in [3.05, 3.63) is 30.1 Å². The van der Waals surface area contributed by atoms with E-state index in [1.807, 2.05) is 0 Å². The number of hydrogen-bond acceptors (Lipinski definition) is 0. The van der Waals surface area contributed by atoms with Gasteiger partial charge in [-0.2, -0.15) is 0 Å². The molecular weight excluding hydrogens is 221 g/mol. The third-order valence-electron chi connectivity index (χ3n) is 1.92. The van der Waals surface area contributed by atoms with Crippen LogP contribution in [0.15, 0.2) is 24.4 Å². The molecule has 0 unspecified atom stereocenters. The van der Waals surface area contributed by atoms with Gasteiger partial charge in [0.25, 0.3) is 0 Å². The van der Waals surface area contributed by atoms with Crippen molar-refractivity contribution < 1.29 is 21.8 Å². The van der Waals surface area contributed by atoms with Crippen LogP contribution in [0.3, 0.4) is 0 Å². The van der Waals surface area contributed by atoms with E-state index < -0.39 is 7.25 Å². The number of aryl methyl sites for hydroxylation is 2. The minimum atomic E-state index is -6.00. The number of unbranched alkanes of at least 4 members (excludes halogenated alkanes) is 1. The predicted octanol–water partition coefficient (Wildman–Crippen LogP) is 3.38. The zero-order valence-corrected chi connectivity index (χ0v) is 9.47. The molecule has 0 saturated heterocycles.